The van der Waals surface area contributed by atoms with Gasteiger partial charge in [0.25, 0.3) is 0 Å². The molecule has 2 rings (SSSR count). The maximum atomic E-state index is 4.81. The lowest BCUT2D eigenvalue weighted by atomic mass is 9.96. The summed E-state index contributed by atoms with van der Waals surface area (Å²) >= 11 is 0. The van der Waals surface area contributed by atoms with Gasteiger partial charge in [-0.1, -0.05) is 19.3 Å². The third-order valence-electron chi connectivity index (χ3n) is 3.13. The van der Waals surface area contributed by atoms with E-state index in [0.717, 1.165) is 5.92 Å². The predicted molar refractivity (Wildman–Crippen MR) is 52.7 cm³/mol. The maximum absolute atomic E-state index is 4.81. The van der Waals surface area contributed by atoms with E-state index in [1.165, 1.54) is 50.7 Å². The topological polar surface area (TPSA) is 12.4 Å². The van der Waals surface area contributed by atoms with Crippen molar-refractivity contribution in [1.29, 1.82) is 0 Å². The van der Waals surface area contributed by atoms with Gasteiger partial charge in [0, 0.05) is 11.8 Å². The Kier molecular flexibility index (Phi) is 2.48. The second kappa shape index (κ2) is 3.59. The van der Waals surface area contributed by atoms with Crippen LogP contribution in [0.25, 0.3) is 0 Å². The van der Waals surface area contributed by atoms with E-state index in [9.17, 15) is 0 Å². The van der Waals surface area contributed by atoms with Crippen LogP contribution in [-0.2, 0) is 0 Å². The van der Waals surface area contributed by atoms with Gasteiger partial charge >= 0.3 is 0 Å². The third-order valence-corrected chi connectivity index (χ3v) is 3.13. The first-order valence-electron chi connectivity index (χ1n) is 5.40. The average molecular weight is 165 g/mol. The second-order valence-electron chi connectivity index (χ2n) is 4.34. The van der Waals surface area contributed by atoms with Crippen molar-refractivity contribution in [3.8, 4) is 0 Å². The minimum absolute atomic E-state index is 0.694. The average Bonchev–Trinajstić information content (AvgIpc) is 2.88. The van der Waals surface area contributed by atoms with Crippen molar-refractivity contribution >= 4 is 5.71 Å². The van der Waals surface area contributed by atoms with E-state index < -0.39 is 0 Å². The number of hydrogen-bond acceptors (Lipinski definition) is 1. The Balaban J connectivity index is 1.85. The number of nitrogens with zero attached hydrogens (tertiary/aromatic N) is 1. The summed E-state index contributed by atoms with van der Waals surface area (Å²) in [6.45, 7) is 2.23. The van der Waals surface area contributed by atoms with Crippen molar-refractivity contribution < 1.29 is 0 Å². The predicted octanol–water partition coefficient (Wildman–Crippen LogP) is 3.19. The molecule has 1 nitrogen and oxygen atoms in total. The van der Waals surface area contributed by atoms with Crippen molar-refractivity contribution in [2.75, 3.05) is 0 Å². The van der Waals surface area contributed by atoms with Crippen molar-refractivity contribution in [2.45, 2.75) is 57.9 Å². The van der Waals surface area contributed by atoms with Crippen LogP contribution >= 0.6 is 0 Å². The van der Waals surface area contributed by atoms with E-state index in [0.29, 0.717) is 6.04 Å². The molecular formula is C11H19N. The molecule has 0 heterocycles. The normalized spacial score (nSPS) is 27.6. The summed E-state index contributed by atoms with van der Waals surface area (Å²) in [5, 5.41) is 0. The van der Waals surface area contributed by atoms with Crippen LogP contribution in [0.4, 0.5) is 0 Å². The summed E-state index contributed by atoms with van der Waals surface area (Å²) < 4.78 is 0. The minimum Gasteiger partial charge on any atom is -0.291 e. The molecular weight excluding hydrogens is 146 g/mol. The number of hydrogen-bond donors (Lipinski definition) is 0. The minimum atomic E-state index is 0.694. The lowest BCUT2D eigenvalue weighted by Crippen LogP contribution is -2.12. The molecule has 2 saturated carbocycles. The second-order valence-corrected chi connectivity index (χ2v) is 4.34. The monoisotopic (exact) mass is 165 g/mol. The molecule has 2 aliphatic rings. The highest BCUT2D eigenvalue weighted by Gasteiger charge is 2.25. The van der Waals surface area contributed by atoms with E-state index in [4.69, 9.17) is 4.99 Å². The summed E-state index contributed by atoms with van der Waals surface area (Å²) in [6.07, 6.45) is 9.77. The molecule has 0 atom stereocenters. The largest absolute Gasteiger partial charge is 0.291 e. The van der Waals surface area contributed by atoms with E-state index in [1.54, 1.807) is 0 Å². The molecule has 0 bridgehead atoms. The molecule has 0 N–H and O–H groups in total. The van der Waals surface area contributed by atoms with Gasteiger partial charge in [0.05, 0.1) is 0 Å². The Bertz CT molecular complexity index is 173. The quantitative estimate of drug-likeness (QED) is 0.557. The van der Waals surface area contributed by atoms with Gasteiger partial charge in [-0.2, -0.15) is 0 Å². The molecule has 0 aliphatic heterocycles. The van der Waals surface area contributed by atoms with Crippen molar-refractivity contribution in [3.05, 3.63) is 0 Å². The Morgan fingerprint density at radius 1 is 1.00 bits per heavy atom. The van der Waals surface area contributed by atoms with Gasteiger partial charge in [0.15, 0.2) is 0 Å². The van der Waals surface area contributed by atoms with Crippen molar-refractivity contribution in [1.82, 2.24) is 0 Å². The molecule has 2 fully saturated rings. The van der Waals surface area contributed by atoms with Crippen LogP contribution in [0.1, 0.15) is 51.9 Å². The number of rotatable bonds is 2. The Hall–Kier alpha value is -0.330. The van der Waals surface area contributed by atoms with Crippen LogP contribution in [0, 0.1) is 5.92 Å². The molecule has 2 aliphatic carbocycles. The molecule has 1 heteroatoms. The Morgan fingerprint density at radius 2 is 1.67 bits per heavy atom. The summed E-state index contributed by atoms with van der Waals surface area (Å²) in [6, 6.07) is 0.694. The lowest BCUT2D eigenvalue weighted by molar-refractivity contribution is 0.442. The zero-order valence-electron chi connectivity index (χ0n) is 8.05. The summed E-state index contributed by atoms with van der Waals surface area (Å²) in [5.41, 5.74) is 1.45. The van der Waals surface area contributed by atoms with E-state index in [-0.39, 0.29) is 0 Å². The zero-order valence-corrected chi connectivity index (χ0v) is 8.05. The Labute approximate surface area is 75.3 Å². The highest BCUT2D eigenvalue weighted by molar-refractivity contribution is 5.86. The first-order chi connectivity index (χ1) is 5.86. The fourth-order valence-electron chi connectivity index (χ4n) is 2.10. The van der Waals surface area contributed by atoms with Crippen LogP contribution in [0.3, 0.4) is 0 Å². The fourth-order valence-corrected chi connectivity index (χ4v) is 2.10. The molecule has 0 saturated heterocycles. The molecule has 0 aromatic heterocycles. The maximum Gasteiger partial charge on any atom is 0.0499 e. The molecule has 0 unspecified atom stereocenters. The van der Waals surface area contributed by atoms with Crippen LogP contribution in [0.15, 0.2) is 4.99 Å². The van der Waals surface area contributed by atoms with Gasteiger partial charge in [0.2, 0.25) is 0 Å². The van der Waals surface area contributed by atoms with Gasteiger partial charge in [-0.3, -0.25) is 4.99 Å². The summed E-state index contributed by atoms with van der Waals surface area (Å²) in [4.78, 5) is 4.81. The zero-order chi connectivity index (χ0) is 8.39. The van der Waals surface area contributed by atoms with E-state index >= 15 is 0 Å². The highest BCUT2D eigenvalue weighted by atomic mass is 14.8. The van der Waals surface area contributed by atoms with Gasteiger partial charge in [0.1, 0.15) is 0 Å². The summed E-state index contributed by atoms with van der Waals surface area (Å²) in [5.74, 6) is 0.881. The first kappa shape index (κ1) is 8.28. The molecule has 0 spiro atoms. The standard InChI is InChI=1S/C11H19N/c1-9(10-7-8-10)12-11-5-3-2-4-6-11/h10-11H,2-8H2,1H3. The first-order valence-corrected chi connectivity index (χ1v) is 5.40. The SMILES string of the molecule is CC(=NC1CCCCC1)C1CC1. The van der Waals surface area contributed by atoms with Crippen LogP contribution in [0.2, 0.25) is 0 Å². The van der Waals surface area contributed by atoms with Crippen LogP contribution < -0.4 is 0 Å². The molecule has 0 amide bonds. The molecule has 68 valence electrons. The van der Waals surface area contributed by atoms with Crippen LogP contribution in [-0.4, -0.2) is 11.8 Å². The molecule has 12 heavy (non-hydrogen) atoms. The smallest absolute Gasteiger partial charge is 0.0499 e. The molecule has 0 radical (unpaired) electrons. The fraction of sp³-hybridized carbons (Fsp3) is 0.909. The van der Waals surface area contributed by atoms with E-state index in [2.05, 4.69) is 6.92 Å². The number of aliphatic imine (C=N–C) groups is 1. The third kappa shape index (κ3) is 2.09. The Morgan fingerprint density at radius 3 is 2.25 bits per heavy atom. The van der Waals surface area contributed by atoms with E-state index in [1.807, 2.05) is 0 Å². The van der Waals surface area contributed by atoms with Gasteiger partial charge in [-0.05, 0) is 38.5 Å². The van der Waals surface area contributed by atoms with Gasteiger partial charge < -0.3 is 0 Å². The van der Waals surface area contributed by atoms with Crippen molar-refractivity contribution in [3.63, 3.8) is 0 Å². The van der Waals surface area contributed by atoms with Crippen LogP contribution in [0.5, 0.6) is 0 Å². The summed E-state index contributed by atoms with van der Waals surface area (Å²) in [7, 11) is 0. The van der Waals surface area contributed by atoms with Crippen molar-refractivity contribution in [2.24, 2.45) is 10.9 Å². The van der Waals surface area contributed by atoms with Gasteiger partial charge in [-0.25, -0.2) is 0 Å². The molecule has 0 aromatic rings. The molecule has 0 aromatic carbocycles. The highest BCUT2D eigenvalue weighted by Crippen LogP contribution is 2.31. The van der Waals surface area contributed by atoms with Gasteiger partial charge in [-0.15, -0.1) is 0 Å². The lowest BCUT2D eigenvalue weighted by Gasteiger charge is -2.18.